The summed E-state index contributed by atoms with van der Waals surface area (Å²) in [5, 5.41) is 0. The minimum absolute atomic E-state index is 0.227. The zero-order valence-electron chi connectivity index (χ0n) is 15.6. The lowest BCUT2D eigenvalue weighted by Crippen LogP contribution is -2.35. The van der Waals surface area contributed by atoms with Gasteiger partial charge in [0.25, 0.3) is 0 Å². The van der Waals surface area contributed by atoms with Gasteiger partial charge in [-0.05, 0) is 62.4 Å². The molecule has 3 nitrogen and oxygen atoms in total. The minimum Gasteiger partial charge on any atom is -0.326 e. The first-order valence-electron chi connectivity index (χ1n) is 9.83. The number of hydrogen-bond donors (Lipinski definition) is 1. The van der Waals surface area contributed by atoms with Crippen LogP contribution in [-0.4, -0.2) is 30.3 Å². The van der Waals surface area contributed by atoms with Crippen molar-refractivity contribution < 1.29 is 4.79 Å². The monoisotopic (exact) mass is 350 g/mol. The van der Waals surface area contributed by atoms with Crippen LogP contribution in [0.15, 0.2) is 54.6 Å². The fraction of sp³-hybridized carbons (Fsp3) is 0.435. The van der Waals surface area contributed by atoms with Crippen LogP contribution in [0.1, 0.15) is 47.2 Å². The highest BCUT2D eigenvalue weighted by molar-refractivity contribution is 5.97. The third-order valence-electron chi connectivity index (χ3n) is 5.49. The van der Waals surface area contributed by atoms with Gasteiger partial charge in [-0.15, -0.1) is 0 Å². The highest BCUT2D eigenvalue weighted by Gasteiger charge is 2.19. The molecule has 0 aromatic heterocycles. The number of carbonyl (C=O) groups is 1. The van der Waals surface area contributed by atoms with Crippen LogP contribution in [0, 0.1) is 5.92 Å². The molecule has 2 aromatic carbocycles. The van der Waals surface area contributed by atoms with Crippen LogP contribution in [0.5, 0.6) is 0 Å². The molecule has 3 heteroatoms. The molecule has 1 fully saturated rings. The fourth-order valence-corrected chi connectivity index (χ4v) is 3.93. The maximum atomic E-state index is 12.4. The molecule has 1 aliphatic heterocycles. The molecule has 0 aliphatic carbocycles. The molecule has 138 valence electrons. The average Bonchev–Trinajstić information content (AvgIpc) is 2.70. The van der Waals surface area contributed by atoms with Crippen molar-refractivity contribution in [2.24, 2.45) is 11.7 Å². The second-order valence-corrected chi connectivity index (χ2v) is 7.36. The van der Waals surface area contributed by atoms with Crippen molar-refractivity contribution in [1.29, 1.82) is 0 Å². The number of carbonyl (C=O) groups excluding carboxylic acids is 1. The van der Waals surface area contributed by atoms with Gasteiger partial charge in [0.1, 0.15) is 0 Å². The van der Waals surface area contributed by atoms with E-state index in [0.29, 0.717) is 13.0 Å². The van der Waals surface area contributed by atoms with E-state index in [0.717, 1.165) is 43.1 Å². The van der Waals surface area contributed by atoms with Crippen molar-refractivity contribution in [3.05, 3.63) is 71.3 Å². The zero-order chi connectivity index (χ0) is 18.2. The van der Waals surface area contributed by atoms with Crippen molar-refractivity contribution in [3.63, 3.8) is 0 Å². The Labute approximate surface area is 157 Å². The Bertz CT molecular complexity index is 690. The van der Waals surface area contributed by atoms with Crippen LogP contribution in [0.3, 0.4) is 0 Å². The molecule has 0 radical (unpaired) electrons. The van der Waals surface area contributed by atoms with E-state index in [4.69, 9.17) is 5.73 Å². The predicted octanol–water partition coefficient (Wildman–Crippen LogP) is 4.06. The molecule has 1 aliphatic rings. The quantitative estimate of drug-likeness (QED) is 0.730. The molecule has 2 N–H and O–H groups in total. The van der Waals surface area contributed by atoms with Crippen molar-refractivity contribution >= 4 is 5.78 Å². The summed E-state index contributed by atoms with van der Waals surface area (Å²) in [6.45, 7) is 3.77. The van der Waals surface area contributed by atoms with E-state index in [1.807, 2.05) is 24.3 Å². The number of ketones is 1. The molecule has 1 heterocycles. The lowest BCUT2D eigenvalue weighted by Gasteiger charge is -2.32. The first-order chi connectivity index (χ1) is 12.8. The van der Waals surface area contributed by atoms with Gasteiger partial charge in [-0.25, -0.2) is 0 Å². The summed E-state index contributed by atoms with van der Waals surface area (Å²) < 4.78 is 0. The van der Waals surface area contributed by atoms with Crippen molar-refractivity contribution in [3.8, 4) is 0 Å². The molecule has 0 unspecified atom stereocenters. The van der Waals surface area contributed by atoms with E-state index >= 15 is 0 Å². The van der Waals surface area contributed by atoms with Crippen LogP contribution in [-0.2, 0) is 13.0 Å². The van der Waals surface area contributed by atoms with Crippen LogP contribution in [0.4, 0.5) is 0 Å². The van der Waals surface area contributed by atoms with Crippen molar-refractivity contribution in [2.75, 3.05) is 19.6 Å². The highest BCUT2D eigenvalue weighted by atomic mass is 16.1. The summed E-state index contributed by atoms with van der Waals surface area (Å²) in [7, 11) is 0. The normalized spacial score (nSPS) is 15.9. The molecule has 0 atom stereocenters. The Hall–Kier alpha value is -1.97. The molecule has 26 heavy (non-hydrogen) atoms. The van der Waals surface area contributed by atoms with Gasteiger partial charge in [-0.1, -0.05) is 54.6 Å². The standard InChI is InChI=1S/C23H30N2O/c24-18-21-9-4-5-10-22(21)23(26)11-6-14-25-15-12-20(13-16-25)17-19-7-2-1-3-8-19/h1-5,7-10,20H,6,11-18,24H2. The van der Waals surface area contributed by atoms with Crippen LogP contribution >= 0.6 is 0 Å². The van der Waals surface area contributed by atoms with Crippen LogP contribution in [0.25, 0.3) is 0 Å². The first kappa shape index (κ1) is 18.8. The summed E-state index contributed by atoms with van der Waals surface area (Å²) >= 11 is 0. The van der Waals surface area contributed by atoms with Gasteiger partial charge in [0.15, 0.2) is 5.78 Å². The molecule has 1 saturated heterocycles. The van der Waals surface area contributed by atoms with Gasteiger partial charge in [-0.2, -0.15) is 0 Å². The second-order valence-electron chi connectivity index (χ2n) is 7.36. The van der Waals surface area contributed by atoms with Gasteiger partial charge in [0.05, 0.1) is 0 Å². The minimum atomic E-state index is 0.227. The molecule has 0 amide bonds. The topological polar surface area (TPSA) is 46.3 Å². The van der Waals surface area contributed by atoms with E-state index < -0.39 is 0 Å². The third kappa shape index (κ3) is 5.26. The summed E-state index contributed by atoms with van der Waals surface area (Å²) in [5.74, 6) is 1.02. The average molecular weight is 351 g/mol. The van der Waals surface area contributed by atoms with Gasteiger partial charge in [0, 0.05) is 18.5 Å². The van der Waals surface area contributed by atoms with E-state index in [-0.39, 0.29) is 5.78 Å². The highest BCUT2D eigenvalue weighted by Crippen LogP contribution is 2.22. The number of likely N-dealkylation sites (tertiary alicyclic amines) is 1. The van der Waals surface area contributed by atoms with Crippen molar-refractivity contribution in [1.82, 2.24) is 4.90 Å². The molecule has 0 bridgehead atoms. The number of nitrogens with zero attached hydrogens (tertiary/aromatic N) is 1. The van der Waals surface area contributed by atoms with E-state index in [1.54, 1.807) is 0 Å². The van der Waals surface area contributed by atoms with E-state index in [1.165, 1.54) is 24.8 Å². The Morgan fingerprint density at radius 1 is 1.00 bits per heavy atom. The number of piperidine rings is 1. The summed E-state index contributed by atoms with van der Waals surface area (Å²) in [5.41, 5.74) is 8.96. The lowest BCUT2D eigenvalue weighted by molar-refractivity contribution is 0.0969. The summed E-state index contributed by atoms with van der Waals surface area (Å²) in [4.78, 5) is 15.0. The SMILES string of the molecule is NCc1ccccc1C(=O)CCCN1CCC(Cc2ccccc2)CC1. The number of hydrogen-bond acceptors (Lipinski definition) is 3. The third-order valence-corrected chi connectivity index (χ3v) is 5.49. The summed E-state index contributed by atoms with van der Waals surface area (Å²) in [6, 6.07) is 18.5. The molecule has 2 aromatic rings. The zero-order valence-corrected chi connectivity index (χ0v) is 15.6. The smallest absolute Gasteiger partial charge is 0.163 e. The maximum Gasteiger partial charge on any atom is 0.163 e. The van der Waals surface area contributed by atoms with Gasteiger partial charge < -0.3 is 10.6 Å². The number of nitrogens with two attached hydrogens (primary N) is 1. The Morgan fingerprint density at radius 2 is 1.69 bits per heavy atom. The van der Waals surface area contributed by atoms with E-state index in [9.17, 15) is 4.79 Å². The Balaban J connectivity index is 1.38. The lowest BCUT2D eigenvalue weighted by atomic mass is 9.90. The Kier molecular flexibility index (Phi) is 6.98. The molecular formula is C23H30N2O. The number of benzene rings is 2. The first-order valence-corrected chi connectivity index (χ1v) is 9.83. The van der Waals surface area contributed by atoms with Gasteiger partial charge in [-0.3, -0.25) is 4.79 Å². The van der Waals surface area contributed by atoms with Crippen LogP contribution in [0.2, 0.25) is 0 Å². The molecule has 0 spiro atoms. The van der Waals surface area contributed by atoms with Crippen molar-refractivity contribution in [2.45, 2.75) is 38.6 Å². The van der Waals surface area contributed by atoms with Gasteiger partial charge in [0.2, 0.25) is 0 Å². The summed E-state index contributed by atoms with van der Waals surface area (Å²) in [6.07, 6.45) is 5.27. The molecular weight excluding hydrogens is 320 g/mol. The molecule has 3 rings (SSSR count). The largest absolute Gasteiger partial charge is 0.326 e. The predicted molar refractivity (Wildman–Crippen MR) is 107 cm³/mol. The second kappa shape index (κ2) is 9.65. The number of Topliss-reactive ketones (excluding diaryl/α,β-unsaturated/α-hetero) is 1. The van der Waals surface area contributed by atoms with Crippen LogP contribution < -0.4 is 5.73 Å². The van der Waals surface area contributed by atoms with Gasteiger partial charge >= 0.3 is 0 Å². The number of rotatable bonds is 8. The molecule has 0 saturated carbocycles. The fourth-order valence-electron chi connectivity index (χ4n) is 3.93. The maximum absolute atomic E-state index is 12.4. The van der Waals surface area contributed by atoms with E-state index in [2.05, 4.69) is 35.2 Å². The Morgan fingerprint density at radius 3 is 2.42 bits per heavy atom.